The minimum absolute atomic E-state index is 0.134. The number of sulfonamides is 1. The lowest BCUT2D eigenvalue weighted by Gasteiger charge is -2.44. The second kappa shape index (κ2) is 11.2. The van der Waals surface area contributed by atoms with Crippen molar-refractivity contribution in [2.75, 3.05) is 6.54 Å². The van der Waals surface area contributed by atoms with Gasteiger partial charge >= 0.3 is 0 Å². The van der Waals surface area contributed by atoms with Gasteiger partial charge in [0.25, 0.3) is 0 Å². The molecule has 204 valence electrons. The van der Waals surface area contributed by atoms with Crippen molar-refractivity contribution in [2.24, 2.45) is 0 Å². The molecular formula is C35H30N2O3S. The van der Waals surface area contributed by atoms with Crippen molar-refractivity contribution in [1.82, 2.24) is 9.21 Å². The molecule has 0 bridgehead atoms. The Bertz CT molecular complexity index is 1670. The van der Waals surface area contributed by atoms with E-state index in [1.54, 1.807) is 35.2 Å². The number of carbonyl (C=O) groups excluding carboxylic acids is 1. The van der Waals surface area contributed by atoms with Gasteiger partial charge in [-0.3, -0.25) is 4.79 Å². The highest BCUT2D eigenvalue weighted by Gasteiger charge is 2.63. The van der Waals surface area contributed by atoms with Gasteiger partial charge in [-0.2, -0.15) is 0 Å². The van der Waals surface area contributed by atoms with Gasteiger partial charge in [0.1, 0.15) is 6.04 Å². The SMILES string of the molecule is O=C1C(c2ccccc2)N(S(=O)(=O)c2ccccc2)C(c2ccccc2)(c2ccccc2)N1CCc1ccccc1. The lowest BCUT2D eigenvalue weighted by Crippen LogP contribution is -2.54. The topological polar surface area (TPSA) is 57.7 Å². The van der Waals surface area contributed by atoms with Crippen LogP contribution in [0.2, 0.25) is 0 Å². The quantitative estimate of drug-likeness (QED) is 0.221. The maximum absolute atomic E-state index is 14.9. The third kappa shape index (κ3) is 4.65. The summed E-state index contributed by atoms with van der Waals surface area (Å²) in [6.45, 7) is 0.316. The molecule has 1 unspecified atom stereocenters. The van der Waals surface area contributed by atoms with Gasteiger partial charge in [-0.15, -0.1) is 4.31 Å². The Kier molecular flexibility index (Phi) is 7.26. The van der Waals surface area contributed by atoms with Crippen molar-refractivity contribution < 1.29 is 13.2 Å². The normalized spacial score (nSPS) is 17.0. The number of hydrogen-bond donors (Lipinski definition) is 0. The molecule has 1 aliphatic heterocycles. The van der Waals surface area contributed by atoms with E-state index < -0.39 is 21.7 Å². The third-order valence-electron chi connectivity index (χ3n) is 7.68. The maximum Gasteiger partial charge on any atom is 0.247 e. The fraction of sp³-hybridized carbons (Fsp3) is 0.114. The summed E-state index contributed by atoms with van der Waals surface area (Å²) in [6, 6.07) is 45.5. The number of rotatable bonds is 8. The van der Waals surface area contributed by atoms with Crippen LogP contribution in [0.1, 0.15) is 28.3 Å². The minimum atomic E-state index is -4.22. The lowest BCUT2D eigenvalue weighted by molar-refractivity contribution is -0.131. The van der Waals surface area contributed by atoms with Gasteiger partial charge in [0.15, 0.2) is 5.66 Å². The molecule has 6 heteroatoms. The molecule has 1 amide bonds. The van der Waals surface area contributed by atoms with Gasteiger partial charge in [-0.05, 0) is 40.8 Å². The van der Waals surface area contributed by atoms with Gasteiger partial charge < -0.3 is 4.90 Å². The molecular weight excluding hydrogens is 528 g/mol. The summed E-state index contributed by atoms with van der Waals surface area (Å²) in [5.74, 6) is -0.264. The van der Waals surface area contributed by atoms with Crippen LogP contribution >= 0.6 is 0 Å². The van der Waals surface area contributed by atoms with E-state index in [9.17, 15) is 13.2 Å². The zero-order chi connectivity index (χ0) is 28.3. The minimum Gasteiger partial charge on any atom is -0.313 e. The molecule has 5 nitrogen and oxygen atoms in total. The maximum atomic E-state index is 14.9. The Labute approximate surface area is 241 Å². The van der Waals surface area contributed by atoms with Crippen molar-refractivity contribution >= 4 is 15.9 Å². The van der Waals surface area contributed by atoms with E-state index in [0.29, 0.717) is 29.7 Å². The Morgan fingerprint density at radius 2 is 1.02 bits per heavy atom. The molecule has 1 fully saturated rings. The molecule has 41 heavy (non-hydrogen) atoms. The molecule has 0 aliphatic carbocycles. The number of benzene rings is 5. The summed E-state index contributed by atoms with van der Waals surface area (Å²) < 4.78 is 31.2. The van der Waals surface area contributed by atoms with E-state index >= 15 is 0 Å². The molecule has 0 radical (unpaired) electrons. The van der Waals surface area contributed by atoms with Crippen LogP contribution in [0.4, 0.5) is 0 Å². The summed E-state index contributed by atoms with van der Waals surface area (Å²) in [5.41, 5.74) is 1.64. The number of amides is 1. The fourth-order valence-electron chi connectivity index (χ4n) is 5.88. The van der Waals surface area contributed by atoms with Crippen LogP contribution in [0.15, 0.2) is 157 Å². The standard InChI is InChI=1S/C35H30N2O3S/c38-34-33(29-18-8-2-9-19-29)37(41(39,40)32-24-14-5-15-25-32)35(30-20-10-3-11-21-30,31-22-12-4-13-23-31)36(34)27-26-28-16-6-1-7-17-28/h1-25,33H,26-27H2. The molecule has 1 heterocycles. The Balaban J connectivity index is 1.68. The number of carbonyl (C=O) groups is 1. The monoisotopic (exact) mass is 558 g/mol. The van der Waals surface area contributed by atoms with E-state index in [2.05, 4.69) is 0 Å². The summed E-state index contributed by atoms with van der Waals surface area (Å²) in [4.78, 5) is 16.7. The Morgan fingerprint density at radius 3 is 1.54 bits per heavy atom. The van der Waals surface area contributed by atoms with Crippen LogP contribution in [0.5, 0.6) is 0 Å². The van der Waals surface area contributed by atoms with E-state index in [1.807, 2.05) is 121 Å². The highest BCUT2D eigenvalue weighted by atomic mass is 32.2. The molecule has 0 aromatic heterocycles. The van der Waals surface area contributed by atoms with Crippen LogP contribution < -0.4 is 0 Å². The highest BCUT2D eigenvalue weighted by Crippen LogP contribution is 2.53. The zero-order valence-corrected chi connectivity index (χ0v) is 23.3. The van der Waals surface area contributed by atoms with Crippen molar-refractivity contribution in [3.05, 3.63) is 174 Å². The van der Waals surface area contributed by atoms with Crippen LogP contribution in [0.3, 0.4) is 0 Å². The largest absolute Gasteiger partial charge is 0.313 e. The molecule has 1 saturated heterocycles. The first kappa shape index (κ1) is 26.7. The van der Waals surface area contributed by atoms with E-state index in [1.165, 1.54) is 4.31 Å². The average Bonchev–Trinajstić information content (AvgIpc) is 3.31. The molecule has 0 N–H and O–H groups in total. The van der Waals surface area contributed by atoms with E-state index in [-0.39, 0.29) is 10.8 Å². The van der Waals surface area contributed by atoms with Crippen molar-refractivity contribution in [3.63, 3.8) is 0 Å². The predicted molar refractivity (Wildman–Crippen MR) is 160 cm³/mol. The van der Waals surface area contributed by atoms with Crippen LogP contribution in [0.25, 0.3) is 0 Å². The molecule has 1 aliphatic rings. The van der Waals surface area contributed by atoms with Gasteiger partial charge in [-0.25, -0.2) is 8.42 Å². The van der Waals surface area contributed by atoms with E-state index in [0.717, 1.165) is 5.56 Å². The summed E-state index contributed by atoms with van der Waals surface area (Å²) in [5, 5.41) is 0. The first-order chi connectivity index (χ1) is 20.0. The summed E-state index contributed by atoms with van der Waals surface area (Å²) >= 11 is 0. The second-order valence-electron chi connectivity index (χ2n) is 10.1. The van der Waals surface area contributed by atoms with Gasteiger partial charge in [0.2, 0.25) is 15.9 Å². The third-order valence-corrected chi connectivity index (χ3v) is 9.54. The highest BCUT2D eigenvalue weighted by molar-refractivity contribution is 7.89. The van der Waals surface area contributed by atoms with Crippen molar-refractivity contribution in [2.45, 2.75) is 23.0 Å². The molecule has 1 atom stereocenters. The van der Waals surface area contributed by atoms with Crippen LogP contribution in [0, 0.1) is 0 Å². The molecule has 5 aromatic rings. The first-order valence-corrected chi connectivity index (χ1v) is 15.1. The van der Waals surface area contributed by atoms with Crippen molar-refractivity contribution in [1.29, 1.82) is 0 Å². The molecule has 0 saturated carbocycles. The average molecular weight is 559 g/mol. The van der Waals surface area contributed by atoms with Gasteiger partial charge in [0.05, 0.1) is 4.90 Å². The zero-order valence-electron chi connectivity index (χ0n) is 22.5. The smallest absolute Gasteiger partial charge is 0.247 e. The second-order valence-corrected chi connectivity index (χ2v) is 11.9. The lowest BCUT2D eigenvalue weighted by atomic mass is 9.89. The predicted octanol–water partition coefficient (Wildman–Crippen LogP) is 6.40. The molecule has 6 rings (SSSR count). The Morgan fingerprint density at radius 1 is 0.585 bits per heavy atom. The Hall–Kier alpha value is -4.52. The first-order valence-electron chi connectivity index (χ1n) is 13.7. The number of hydrogen-bond acceptors (Lipinski definition) is 3. The molecule has 0 spiro atoms. The van der Waals surface area contributed by atoms with Crippen molar-refractivity contribution in [3.8, 4) is 0 Å². The van der Waals surface area contributed by atoms with Gasteiger partial charge in [-0.1, -0.05) is 140 Å². The fourth-order valence-corrected chi connectivity index (χ4v) is 7.75. The van der Waals surface area contributed by atoms with Gasteiger partial charge in [0, 0.05) is 6.54 Å². The van der Waals surface area contributed by atoms with Crippen LogP contribution in [-0.4, -0.2) is 30.1 Å². The molecule has 5 aromatic carbocycles. The van der Waals surface area contributed by atoms with Crippen LogP contribution in [-0.2, 0) is 26.9 Å². The van der Waals surface area contributed by atoms with E-state index in [4.69, 9.17) is 0 Å². The summed E-state index contributed by atoms with van der Waals surface area (Å²) in [7, 11) is -4.22. The number of nitrogens with zero attached hydrogens (tertiary/aromatic N) is 2. The summed E-state index contributed by atoms with van der Waals surface area (Å²) in [6.07, 6.45) is 0.564.